The molecule has 2 rings (SSSR count). The normalized spacial score (nSPS) is 12.4. The number of hydrogen-bond acceptors (Lipinski definition) is 1. The number of nitrogens with one attached hydrogen (secondary N) is 1. The third kappa shape index (κ3) is 4.20. The van der Waals surface area contributed by atoms with Crippen molar-refractivity contribution in [2.24, 2.45) is 0 Å². The van der Waals surface area contributed by atoms with Gasteiger partial charge in [-0.3, -0.25) is 0 Å². The number of benzene rings is 2. The molecular formula is C16H17ClIN. The Kier molecular flexibility index (Phi) is 5.67. The maximum absolute atomic E-state index is 6.11. The van der Waals surface area contributed by atoms with Gasteiger partial charge < -0.3 is 5.32 Å². The molecule has 1 unspecified atom stereocenters. The summed E-state index contributed by atoms with van der Waals surface area (Å²) in [4.78, 5) is 0. The van der Waals surface area contributed by atoms with Crippen molar-refractivity contribution in [2.45, 2.75) is 19.4 Å². The van der Waals surface area contributed by atoms with Crippen molar-refractivity contribution in [2.75, 3.05) is 6.54 Å². The van der Waals surface area contributed by atoms with E-state index in [9.17, 15) is 0 Å². The first-order chi connectivity index (χ1) is 9.20. The van der Waals surface area contributed by atoms with Crippen LogP contribution in [0.5, 0.6) is 0 Å². The minimum atomic E-state index is 0.204. The van der Waals surface area contributed by atoms with E-state index in [-0.39, 0.29) is 6.04 Å². The number of rotatable bonds is 5. The van der Waals surface area contributed by atoms with Gasteiger partial charge in [0.2, 0.25) is 0 Å². The highest BCUT2D eigenvalue weighted by Gasteiger charge is 2.13. The monoisotopic (exact) mass is 385 g/mol. The van der Waals surface area contributed by atoms with Gasteiger partial charge in [-0.05, 0) is 70.9 Å². The van der Waals surface area contributed by atoms with Crippen molar-refractivity contribution < 1.29 is 0 Å². The van der Waals surface area contributed by atoms with Gasteiger partial charge in [0.05, 0.1) is 6.04 Å². The van der Waals surface area contributed by atoms with Gasteiger partial charge in [-0.25, -0.2) is 0 Å². The Labute approximate surface area is 133 Å². The van der Waals surface area contributed by atoms with E-state index < -0.39 is 0 Å². The highest BCUT2D eigenvalue weighted by molar-refractivity contribution is 14.1. The van der Waals surface area contributed by atoms with Crippen LogP contribution < -0.4 is 5.32 Å². The molecule has 0 saturated carbocycles. The first-order valence-corrected chi connectivity index (χ1v) is 7.90. The molecule has 1 atom stereocenters. The predicted molar refractivity (Wildman–Crippen MR) is 90.7 cm³/mol. The molecule has 0 amide bonds. The minimum absolute atomic E-state index is 0.204. The Bertz CT molecular complexity index is 525. The van der Waals surface area contributed by atoms with E-state index in [1.54, 1.807) is 0 Å². The first kappa shape index (κ1) is 14.8. The Morgan fingerprint density at radius 2 is 1.84 bits per heavy atom. The maximum atomic E-state index is 6.11. The van der Waals surface area contributed by atoms with Crippen LogP contribution in [-0.2, 0) is 0 Å². The zero-order valence-electron chi connectivity index (χ0n) is 10.9. The molecule has 0 fully saturated rings. The summed E-state index contributed by atoms with van der Waals surface area (Å²) in [6, 6.07) is 16.9. The minimum Gasteiger partial charge on any atom is -0.306 e. The van der Waals surface area contributed by atoms with E-state index in [2.05, 4.69) is 65.2 Å². The summed E-state index contributed by atoms with van der Waals surface area (Å²) in [6.45, 7) is 3.17. The van der Waals surface area contributed by atoms with Crippen LogP contribution in [0, 0.1) is 3.57 Å². The highest BCUT2D eigenvalue weighted by Crippen LogP contribution is 2.25. The maximum Gasteiger partial charge on any atom is 0.0577 e. The van der Waals surface area contributed by atoms with E-state index in [1.165, 1.54) is 14.7 Å². The lowest BCUT2D eigenvalue weighted by Crippen LogP contribution is -2.23. The third-order valence-electron chi connectivity index (χ3n) is 2.98. The Hall–Kier alpha value is -0.580. The van der Waals surface area contributed by atoms with Crippen LogP contribution in [0.25, 0.3) is 0 Å². The van der Waals surface area contributed by atoms with Gasteiger partial charge in [-0.2, -0.15) is 0 Å². The van der Waals surface area contributed by atoms with E-state index in [0.717, 1.165) is 18.0 Å². The van der Waals surface area contributed by atoms with E-state index >= 15 is 0 Å². The zero-order valence-corrected chi connectivity index (χ0v) is 13.8. The summed E-state index contributed by atoms with van der Waals surface area (Å²) in [5.41, 5.74) is 2.48. The van der Waals surface area contributed by atoms with Crippen LogP contribution in [0.4, 0.5) is 0 Å². The first-order valence-electron chi connectivity index (χ1n) is 6.45. The van der Waals surface area contributed by atoms with Crippen LogP contribution in [0.3, 0.4) is 0 Å². The topological polar surface area (TPSA) is 12.0 Å². The summed E-state index contributed by atoms with van der Waals surface area (Å²) >= 11 is 8.43. The van der Waals surface area contributed by atoms with Crippen LogP contribution in [-0.4, -0.2) is 6.54 Å². The van der Waals surface area contributed by atoms with E-state index in [4.69, 9.17) is 11.6 Å². The van der Waals surface area contributed by atoms with Crippen molar-refractivity contribution in [3.05, 3.63) is 68.3 Å². The van der Waals surface area contributed by atoms with Gasteiger partial charge >= 0.3 is 0 Å². The SMILES string of the molecule is CCCNC(c1ccc(I)cc1)c1cccc(Cl)c1. The average molecular weight is 386 g/mol. The van der Waals surface area contributed by atoms with Crippen molar-refractivity contribution in [1.82, 2.24) is 5.32 Å². The Balaban J connectivity index is 2.32. The average Bonchev–Trinajstić information content (AvgIpc) is 2.41. The molecule has 1 N–H and O–H groups in total. The summed E-state index contributed by atoms with van der Waals surface area (Å²) in [5, 5.41) is 4.37. The number of hydrogen-bond donors (Lipinski definition) is 1. The quantitative estimate of drug-likeness (QED) is 0.712. The fourth-order valence-electron chi connectivity index (χ4n) is 2.06. The van der Waals surface area contributed by atoms with Gasteiger partial charge in [0.1, 0.15) is 0 Å². The summed E-state index contributed by atoms with van der Waals surface area (Å²) in [5.74, 6) is 0. The lowest BCUT2D eigenvalue weighted by atomic mass is 9.98. The van der Waals surface area contributed by atoms with Crippen LogP contribution in [0.15, 0.2) is 48.5 Å². The molecule has 100 valence electrons. The molecule has 3 heteroatoms. The molecule has 0 aliphatic rings. The Morgan fingerprint density at radius 3 is 2.47 bits per heavy atom. The highest BCUT2D eigenvalue weighted by atomic mass is 127. The molecule has 1 nitrogen and oxygen atoms in total. The molecule has 0 aliphatic carbocycles. The Morgan fingerprint density at radius 1 is 1.11 bits per heavy atom. The molecule has 0 bridgehead atoms. The molecule has 0 saturated heterocycles. The van der Waals surface area contributed by atoms with Crippen LogP contribution >= 0.6 is 34.2 Å². The second kappa shape index (κ2) is 7.27. The molecule has 0 spiro atoms. The lowest BCUT2D eigenvalue weighted by molar-refractivity contribution is 0.598. The molecule has 19 heavy (non-hydrogen) atoms. The van der Waals surface area contributed by atoms with Crippen molar-refractivity contribution in [3.8, 4) is 0 Å². The third-order valence-corrected chi connectivity index (χ3v) is 3.94. The van der Waals surface area contributed by atoms with E-state index in [0.29, 0.717) is 0 Å². The summed E-state index contributed by atoms with van der Waals surface area (Å²) < 4.78 is 1.25. The fourth-order valence-corrected chi connectivity index (χ4v) is 2.62. The lowest BCUT2D eigenvalue weighted by Gasteiger charge is -2.20. The van der Waals surface area contributed by atoms with Gasteiger partial charge in [0.15, 0.2) is 0 Å². The van der Waals surface area contributed by atoms with Gasteiger partial charge in [-0.1, -0.05) is 42.8 Å². The van der Waals surface area contributed by atoms with Gasteiger partial charge in [-0.15, -0.1) is 0 Å². The molecule has 2 aromatic rings. The largest absolute Gasteiger partial charge is 0.306 e. The smallest absolute Gasteiger partial charge is 0.0577 e. The second-order valence-corrected chi connectivity index (χ2v) is 6.18. The van der Waals surface area contributed by atoms with Crippen LogP contribution in [0.2, 0.25) is 5.02 Å². The number of halogens is 2. The fraction of sp³-hybridized carbons (Fsp3) is 0.250. The summed E-state index contributed by atoms with van der Waals surface area (Å²) in [7, 11) is 0. The molecular weight excluding hydrogens is 369 g/mol. The van der Waals surface area contributed by atoms with Gasteiger partial charge in [0, 0.05) is 8.59 Å². The van der Waals surface area contributed by atoms with Crippen molar-refractivity contribution in [1.29, 1.82) is 0 Å². The molecule has 0 aliphatic heterocycles. The second-order valence-electron chi connectivity index (χ2n) is 4.49. The predicted octanol–water partition coefficient (Wildman–Crippen LogP) is 5.03. The molecule has 0 aromatic heterocycles. The zero-order chi connectivity index (χ0) is 13.7. The standard InChI is InChI=1S/C16H17ClIN/c1-2-10-19-16(12-6-8-15(18)9-7-12)13-4-3-5-14(17)11-13/h3-9,11,16,19H,2,10H2,1H3. The van der Waals surface area contributed by atoms with Crippen molar-refractivity contribution in [3.63, 3.8) is 0 Å². The van der Waals surface area contributed by atoms with Gasteiger partial charge in [0.25, 0.3) is 0 Å². The molecule has 0 radical (unpaired) electrons. The summed E-state index contributed by atoms with van der Waals surface area (Å²) in [6.07, 6.45) is 1.11. The van der Waals surface area contributed by atoms with Crippen molar-refractivity contribution >= 4 is 34.2 Å². The molecule has 2 aromatic carbocycles. The van der Waals surface area contributed by atoms with E-state index in [1.807, 2.05) is 18.2 Å². The van der Waals surface area contributed by atoms with Crippen LogP contribution in [0.1, 0.15) is 30.5 Å². The molecule has 0 heterocycles.